The number of nitro groups is 2. The van der Waals surface area contributed by atoms with Gasteiger partial charge in [-0.25, -0.2) is 4.39 Å². The molecule has 1 aliphatic heterocycles. The highest BCUT2D eigenvalue weighted by molar-refractivity contribution is 8.18. The van der Waals surface area contributed by atoms with Gasteiger partial charge in [0.25, 0.3) is 16.8 Å². The number of rotatable bonds is 8. The van der Waals surface area contributed by atoms with Crippen LogP contribution in [0.1, 0.15) is 5.56 Å². The third-order valence-electron chi connectivity index (χ3n) is 5.15. The monoisotopic (exact) mass is 572 g/mol. The maximum absolute atomic E-state index is 13.3. The van der Waals surface area contributed by atoms with Gasteiger partial charge in [-0.05, 0) is 48.2 Å². The van der Waals surface area contributed by atoms with Gasteiger partial charge < -0.3 is 10.1 Å². The van der Waals surface area contributed by atoms with Crippen molar-refractivity contribution in [3.63, 3.8) is 0 Å². The first-order valence-electron chi connectivity index (χ1n) is 10.7. The molecule has 0 saturated carbocycles. The van der Waals surface area contributed by atoms with Gasteiger partial charge in [0.05, 0.1) is 25.8 Å². The van der Waals surface area contributed by atoms with E-state index in [2.05, 4.69) is 5.32 Å². The number of hydrogen-bond donors (Lipinski definition) is 1. The standard InChI is InChI=1S/C24H14ClFN4O8S/c25-16-10-14(5-7-17(16)26)27-22(31)12-28-23(32)21(39-24(28)33)9-13-3-1-2-4-19(13)38-20-8-6-15(29(34)35)11-18(20)30(36)37/h1-11H,12H2,(H,27,31)/b21-9+. The van der Waals surface area contributed by atoms with Crippen molar-refractivity contribution in [2.45, 2.75) is 0 Å². The lowest BCUT2D eigenvalue weighted by Gasteiger charge is -2.13. The average Bonchev–Trinajstić information content (AvgIpc) is 3.14. The molecule has 1 heterocycles. The predicted octanol–water partition coefficient (Wildman–Crippen LogP) is 5.76. The Labute approximate surface area is 227 Å². The molecule has 0 radical (unpaired) electrons. The van der Waals surface area contributed by atoms with Crippen molar-refractivity contribution >= 4 is 63.6 Å². The Hall–Kier alpha value is -4.82. The predicted molar refractivity (Wildman–Crippen MR) is 139 cm³/mol. The molecule has 12 nitrogen and oxygen atoms in total. The van der Waals surface area contributed by atoms with E-state index in [1.165, 1.54) is 30.3 Å². The van der Waals surface area contributed by atoms with Gasteiger partial charge in [0, 0.05) is 17.3 Å². The number of nitrogens with one attached hydrogen (secondary N) is 1. The van der Waals surface area contributed by atoms with E-state index in [9.17, 15) is 39.0 Å². The molecule has 1 fully saturated rings. The Morgan fingerprint density at radius 1 is 1.05 bits per heavy atom. The zero-order valence-electron chi connectivity index (χ0n) is 19.3. The molecule has 0 unspecified atom stereocenters. The van der Waals surface area contributed by atoms with Crippen molar-refractivity contribution in [2.75, 3.05) is 11.9 Å². The number of para-hydroxylation sites is 1. The van der Waals surface area contributed by atoms with Crippen LogP contribution >= 0.6 is 23.4 Å². The molecule has 39 heavy (non-hydrogen) atoms. The molecule has 4 rings (SSSR count). The molecule has 3 aromatic carbocycles. The number of non-ortho nitro benzene ring substituents is 1. The number of carbonyl (C=O) groups excluding carboxylic acids is 3. The van der Waals surface area contributed by atoms with Crippen LogP contribution in [0.4, 0.5) is 26.2 Å². The molecule has 0 bridgehead atoms. The molecular formula is C24H14ClFN4O8S. The van der Waals surface area contributed by atoms with E-state index in [0.29, 0.717) is 16.7 Å². The second-order valence-corrected chi connectivity index (χ2v) is 9.15. The molecule has 3 amide bonds. The third kappa shape index (κ3) is 6.19. The Morgan fingerprint density at radius 3 is 2.49 bits per heavy atom. The molecular weight excluding hydrogens is 559 g/mol. The summed E-state index contributed by atoms with van der Waals surface area (Å²) >= 11 is 6.26. The normalized spacial score (nSPS) is 14.0. The summed E-state index contributed by atoms with van der Waals surface area (Å²) in [5, 5.41) is 23.9. The number of amides is 3. The van der Waals surface area contributed by atoms with Gasteiger partial charge in [0.2, 0.25) is 11.7 Å². The lowest BCUT2D eigenvalue weighted by molar-refractivity contribution is -0.394. The number of ether oxygens (including phenoxy) is 1. The summed E-state index contributed by atoms with van der Waals surface area (Å²) in [6.07, 6.45) is 1.31. The SMILES string of the molecule is O=C(CN1C(=O)S/C(=C/c2ccccc2Oc2ccc([N+](=O)[O-])cc2[N+](=O)[O-])C1=O)Nc1ccc(F)c(Cl)c1. The van der Waals surface area contributed by atoms with E-state index < -0.39 is 50.6 Å². The molecule has 0 spiro atoms. The minimum atomic E-state index is -0.832. The topological polar surface area (TPSA) is 162 Å². The zero-order chi connectivity index (χ0) is 28.3. The van der Waals surface area contributed by atoms with E-state index in [0.717, 1.165) is 24.3 Å². The van der Waals surface area contributed by atoms with Crippen LogP contribution in [-0.4, -0.2) is 38.3 Å². The highest BCUT2D eigenvalue weighted by atomic mass is 35.5. The second kappa shape index (κ2) is 11.3. The lowest BCUT2D eigenvalue weighted by atomic mass is 10.1. The van der Waals surface area contributed by atoms with Crippen molar-refractivity contribution in [1.82, 2.24) is 4.90 Å². The van der Waals surface area contributed by atoms with E-state index in [4.69, 9.17) is 16.3 Å². The first-order chi connectivity index (χ1) is 18.5. The summed E-state index contributed by atoms with van der Waals surface area (Å²) in [4.78, 5) is 59.2. The van der Waals surface area contributed by atoms with Gasteiger partial charge in [0.1, 0.15) is 18.1 Å². The number of hydrogen-bond acceptors (Lipinski definition) is 9. The van der Waals surface area contributed by atoms with Crippen molar-refractivity contribution in [3.05, 3.63) is 102 Å². The van der Waals surface area contributed by atoms with Crippen molar-refractivity contribution in [1.29, 1.82) is 0 Å². The van der Waals surface area contributed by atoms with Crippen LogP contribution in [0.2, 0.25) is 5.02 Å². The molecule has 15 heteroatoms. The van der Waals surface area contributed by atoms with Crippen LogP contribution in [0.15, 0.2) is 65.6 Å². The minimum Gasteiger partial charge on any atom is -0.449 e. The number of benzene rings is 3. The number of carbonyl (C=O) groups is 3. The summed E-state index contributed by atoms with van der Waals surface area (Å²) in [5.74, 6) is -2.40. The first kappa shape index (κ1) is 27.2. The molecule has 3 aromatic rings. The van der Waals surface area contributed by atoms with Crippen LogP contribution < -0.4 is 10.1 Å². The van der Waals surface area contributed by atoms with Gasteiger partial charge in [-0.2, -0.15) is 0 Å². The second-order valence-electron chi connectivity index (χ2n) is 7.75. The number of nitro benzene ring substituents is 2. The fourth-order valence-corrected chi connectivity index (χ4v) is 4.36. The molecule has 198 valence electrons. The maximum Gasteiger partial charge on any atom is 0.318 e. The molecule has 0 atom stereocenters. The lowest BCUT2D eigenvalue weighted by Crippen LogP contribution is -2.36. The van der Waals surface area contributed by atoms with Gasteiger partial charge >= 0.3 is 5.69 Å². The summed E-state index contributed by atoms with van der Waals surface area (Å²) in [5.41, 5.74) is -0.711. The highest BCUT2D eigenvalue weighted by Gasteiger charge is 2.36. The molecule has 1 saturated heterocycles. The number of anilines is 1. The number of thioether (sulfide) groups is 1. The average molecular weight is 573 g/mol. The van der Waals surface area contributed by atoms with Crippen LogP contribution in [0.5, 0.6) is 11.5 Å². The highest BCUT2D eigenvalue weighted by Crippen LogP contribution is 2.38. The quantitative estimate of drug-likeness (QED) is 0.201. The summed E-state index contributed by atoms with van der Waals surface area (Å²) in [7, 11) is 0. The van der Waals surface area contributed by atoms with E-state index in [-0.39, 0.29) is 32.7 Å². The number of nitrogens with zero attached hydrogens (tertiary/aromatic N) is 3. The van der Waals surface area contributed by atoms with Gasteiger partial charge in [0.15, 0.2) is 0 Å². The third-order valence-corrected chi connectivity index (χ3v) is 6.35. The van der Waals surface area contributed by atoms with Crippen LogP contribution in [0.3, 0.4) is 0 Å². The molecule has 1 aliphatic rings. The number of halogens is 2. The number of imide groups is 1. The van der Waals surface area contributed by atoms with Crippen LogP contribution in [0, 0.1) is 26.0 Å². The van der Waals surface area contributed by atoms with Gasteiger partial charge in [-0.15, -0.1) is 0 Å². The van der Waals surface area contributed by atoms with E-state index >= 15 is 0 Å². The molecule has 0 aromatic heterocycles. The Kier molecular flexibility index (Phi) is 7.88. The first-order valence-corrected chi connectivity index (χ1v) is 11.9. The van der Waals surface area contributed by atoms with Crippen molar-refractivity contribution in [3.8, 4) is 11.5 Å². The Morgan fingerprint density at radius 2 is 1.79 bits per heavy atom. The summed E-state index contributed by atoms with van der Waals surface area (Å²) in [6.45, 7) is -0.621. The van der Waals surface area contributed by atoms with E-state index in [1.807, 2.05) is 0 Å². The Bertz CT molecular complexity index is 1580. The fraction of sp³-hybridized carbons (Fsp3) is 0.0417. The van der Waals surface area contributed by atoms with Gasteiger partial charge in [-0.1, -0.05) is 29.8 Å². The van der Waals surface area contributed by atoms with Crippen LogP contribution in [-0.2, 0) is 9.59 Å². The maximum atomic E-state index is 13.3. The molecule has 1 N–H and O–H groups in total. The molecule has 0 aliphatic carbocycles. The Balaban J connectivity index is 1.54. The fourth-order valence-electron chi connectivity index (χ4n) is 3.36. The van der Waals surface area contributed by atoms with E-state index in [1.54, 1.807) is 12.1 Å². The largest absolute Gasteiger partial charge is 0.449 e. The van der Waals surface area contributed by atoms with Gasteiger partial charge in [-0.3, -0.25) is 39.5 Å². The zero-order valence-corrected chi connectivity index (χ0v) is 20.9. The summed E-state index contributed by atoms with van der Waals surface area (Å²) in [6, 6.07) is 12.5. The smallest absolute Gasteiger partial charge is 0.318 e. The van der Waals surface area contributed by atoms with Crippen LogP contribution in [0.25, 0.3) is 6.08 Å². The van der Waals surface area contributed by atoms with Crippen molar-refractivity contribution < 1.29 is 33.4 Å². The minimum absolute atomic E-state index is 0.0492. The summed E-state index contributed by atoms with van der Waals surface area (Å²) < 4.78 is 19.0. The van der Waals surface area contributed by atoms with Crippen molar-refractivity contribution in [2.24, 2.45) is 0 Å².